The second-order valence-corrected chi connectivity index (χ2v) is 6.18. The van der Waals surface area contributed by atoms with Crippen molar-refractivity contribution in [3.63, 3.8) is 0 Å². The van der Waals surface area contributed by atoms with Gasteiger partial charge < -0.3 is 5.73 Å². The van der Waals surface area contributed by atoms with Crippen LogP contribution in [0.1, 0.15) is 52.4 Å². The van der Waals surface area contributed by atoms with Crippen LogP contribution in [-0.4, -0.2) is 30.1 Å². The largest absolute Gasteiger partial charge is 0.330 e. The lowest BCUT2D eigenvalue weighted by molar-refractivity contribution is 0.102. The zero-order valence-electron chi connectivity index (χ0n) is 11.0. The van der Waals surface area contributed by atoms with Gasteiger partial charge in [-0.2, -0.15) is 0 Å². The Morgan fingerprint density at radius 1 is 1.00 bits per heavy atom. The van der Waals surface area contributed by atoms with Gasteiger partial charge in [-0.1, -0.05) is 13.8 Å². The first-order valence-corrected chi connectivity index (χ1v) is 7.16. The molecule has 0 heterocycles. The predicted molar refractivity (Wildman–Crippen MR) is 69.4 cm³/mol. The normalized spacial score (nSPS) is 35.6. The SMILES string of the molecule is CC1CC(C)CC(N(CCCN)C2CC2)C1. The molecule has 2 saturated carbocycles. The van der Waals surface area contributed by atoms with E-state index in [9.17, 15) is 0 Å². The topological polar surface area (TPSA) is 29.3 Å². The molecule has 2 N–H and O–H groups in total. The average molecular weight is 224 g/mol. The van der Waals surface area contributed by atoms with Crippen molar-refractivity contribution >= 4 is 0 Å². The first kappa shape index (κ1) is 12.4. The van der Waals surface area contributed by atoms with Gasteiger partial charge in [-0.05, 0) is 63.5 Å². The van der Waals surface area contributed by atoms with Crippen LogP contribution in [0.3, 0.4) is 0 Å². The molecule has 0 aromatic heterocycles. The Labute approximate surface area is 101 Å². The highest BCUT2D eigenvalue weighted by molar-refractivity contribution is 4.91. The number of nitrogens with zero attached hydrogens (tertiary/aromatic N) is 1. The van der Waals surface area contributed by atoms with Crippen LogP contribution >= 0.6 is 0 Å². The van der Waals surface area contributed by atoms with Crippen LogP contribution in [0.5, 0.6) is 0 Å². The standard InChI is InChI=1S/C14H28N2/c1-11-8-12(2)10-14(9-11)16(7-3-6-15)13-4-5-13/h11-14H,3-10,15H2,1-2H3. The molecule has 2 aliphatic rings. The number of hydrogen-bond acceptors (Lipinski definition) is 2. The zero-order chi connectivity index (χ0) is 11.5. The molecule has 0 aliphatic heterocycles. The van der Waals surface area contributed by atoms with Crippen molar-refractivity contribution < 1.29 is 0 Å². The third kappa shape index (κ3) is 3.21. The van der Waals surface area contributed by atoms with Crippen LogP contribution in [0.25, 0.3) is 0 Å². The molecule has 0 amide bonds. The summed E-state index contributed by atoms with van der Waals surface area (Å²) in [6.07, 6.45) is 8.33. The van der Waals surface area contributed by atoms with E-state index in [2.05, 4.69) is 18.7 Å². The Morgan fingerprint density at radius 2 is 1.62 bits per heavy atom. The van der Waals surface area contributed by atoms with E-state index in [0.29, 0.717) is 0 Å². The first-order valence-electron chi connectivity index (χ1n) is 7.16. The molecular weight excluding hydrogens is 196 g/mol. The second-order valence-electron chi connectivity index (χ2n) is 6.18. The highest BCUT2D eigenvalue weighted by atomic mass is 15.2. The van der Waals surface area contributed by atoms with Crippen LogP contribution in [-0.2, 0) is 0 Å². The molecule has 0 saturated heterocycles. The Hall–Kier alpha value is -0.0800. The fourth-order valence-electron chi connectivity index (χ4n) is 3.52. The van der Waals surface area contributed by atoms with E-state index in [4.69, 9.17) is 5.73 Å². The molecule has 2 heteroatoms. The van der Waals surface area contributed by atoms with E-state index < -0.39 is 0 Å². The minimum Gasteiger partial charge on any atom is -0.330 e. The van der Waals surface area contributed by atoms with Gasteiger partial charge in [0.15, 0.2) is 0 Å². The summed E-state index contributed by atoms with van der Waals surface area (Å²) in [5.41, 5.74) is 5.65. The molecule has 16 heavy (non-hydrogen) atoms. The van der Waals surface area contributed by atoms with E-state index in [1.165, 1.54) is 45.1 Å². The van der Waals surface area contributed by atoms with Crippen LogP contribution in [0.2, 0.25) is 0 Å². The van der Waals surface area contributed by atoms with Crippen LogP contribution in [0, 0.1) is 11.8 Å². The number of rotatable bonds is 5. The lowest BCUT2D eigenvalue weighted by atomic mass is 9.79. The molecule has 94 valence electrons. The summed E-state index contributed by atoms with van der Waals surface area (Å²) in [6, 6.07) is 1.77. The Morgan fingerprint density at radius 3 is 2.12 bits per heavy atom. The molecule has 0 radical (unpaired) electrons. The van der Waals surface area contributed by atoms with Crippen LogP contribution in [0.4, 0.5) is 0 Å². The van der Waals surface area contributed by atoms with Crippen molar-refractivity contribution in [2.24, 2.45) is 17.6 Å². The minimum atomic E-state index is 0.848. The van der Waals surface area contributed by atoms with Crippen LogP contribution in [0.15, 0.2) is 0 Å². The molecule has 2 unspecified atom stereocenters. The van der Waals surface area contributed by atoms with Gasteiger partial charge >= 0.3 is 0 Å². The van der Waals surface area contributed by atoms with E-state index in [-0.39, 0.29) is 0 Å². The van der Waals surface area contributed by atoms with Crippen molar-refractivity contribution in [1.29, 1.82) is 0 Å². The van der Waals surface area contributed by atoms with E-state index >= 15 is 0 Å². The first-order chi connectivity index (χ1) is 7.70. The van der Waals surface area contributed by atoms with Gasteiger partial charge in [0, 0.05) is 12.1 Å². The summed E-state index contributed by atoms with van der Waals surface area (Å²) in [7, 11) is 0. The van der Waals surface area contributed by atoms with Crippen molar-refractivity contribution in [3.8, 4) is 0 Å². The molecule has 0 spiro atoms. The minimum absolute atomic E-state index is 0.848. The van der Waals surface area contributed by atoms with E-state index in [0.717, 1.165) is 30.5 Å². The molecule has 2 atom stereocenters. The summed E-state index contributed by atoms with van der Waals surface area (Å²) in [5.74, 6) is 1.85. The maximum atomic E-state index is 5.65. The second kappa shape index (κ2) is 5.50. The lowest BCUT2D eigenvalue weighted by Gasteiger charge is -2.39. The van der Waals surface area contributed by atoms with Crippen molar-refractivity contribution in [2.75, 3.05) is 13.1 Å². The smallest absolute Gasteiger partial charge is 0.0103 e. The third-order valence-electron chi connectivity index (χ3n) is 4.26. The van der Waals surface area contributed by atoms with Crippen LogP contribution < -0.4 is 5.73 Å². The van der Waals surface area contributed by atoms with Crippen molar-refractivity contribution in [1.82, 2.24) is 4.90 Å². The van der Waals surface area contributed by atoms with Gasteiger partial charge in [-0.3, -0.25) is 4.90 Å². The van der Waals surface area contributed by atoms with E-state index in [1.807, 2.05) is 0 Å². The molecule has 2 nitrogen and oxygen atoms in total. The molecule has 0 aromatic rings. The predicted octanol–water partition coefficient (Wildman–Crippen LogP) is 2.62. The summed E-state index contributed by atoms with van der Waals surface area (Å²) in [6.45, 7) is 6.94. The molecule has 2 fully saturated rings. The van der Waals surface area contributed by atoms with Crippen molar-refractivity contribution in [3.05, 3.63) is 0 Å². The summed E-state index contributed by atoms with van der Waals surface area (Å²) < 4.78 is 0. The summed E-state index contributed by atoms with van der Waals surface area (Å²) in [4.78, 5) is 2.79. The fraction of sp³-hybridized carbons (Fsp3) is 1.00. The molecular formula is C14H28N2. The molecule has 2 rings (SSSR count). The number of nitrogens with two attached hydrogens (primary N) is 1. The average Bonchev–Trinajstić information content (AvgIpc) is 3.01. The number of hydrogen-bond donors (Lipinski definition) is 1. The lowest BCUT2D eigenvalue weighted by Crippen LogP contribution is -2.42. The maximum Gasteiger partial charge on any atom is 0.0103 e. The maximum absolute atomic E-state index is 5.65. The molecule has 0 aromatic carbocycles. The highest BCUT2D eigenvalue weighted by Gasteiger charge is 2.36. The van der Waals surface area contributed by atoms with Gasteiger partial charge in [0.25, 0.3) is 0 Å². The van der Waals surface area contributed by atoms with Gasteiger partial charge in [0.2, 0.25) is 0 Å². The van der Waals surface area contributed by atoms with Gasteiger partial charge in [0.05, 0.1) is 0 Å². The van der Waals surface area contributed by atoms with Gasteiger partial charge in [-0.25, -0.2) is 0 Å². The summed E-state index contributed by atoms with van der Waals surface area (Å²) in [5, 5.41) is 0. The third-order valence-corrected chi connectivity index (χ3v) is 4.26. The molecule has 0 bridgehead atoms. The van der Waals surface area contributed by atoms with Gasteiger partial charge in [-0.15, -0.1) is 0 Å². The van der Waals surface area contributed by atoms with Gasteiger partial charge in [0.1, 0.15) is 0 Å². The Bertz CT molecular complexity index is 203. The molecule has 2 aliphatic carbocycles. The highest BCUT2D eigenvalue weighted by Crippen LogP contribution is 2.37. The monoisotopic (exact) mass is 224 g/mol. The summed E-state index contributed by atoms with van der Waals surface area (Å²) >= 11 is 0. The van der Waals surface area contributed by atoms with E-state index in [1.54, 1.807) is 0 Å². The van der Waals surface area contributed by atoms with Crippen molar-refractivity contribution in [2.45, 2.75) is 64.5 Å². The fourth-order valence-corrected chi connectivity index (χ4v) is 3.52. The zero-order valence-corrected chi connectivity index (χ0v) is 11.0. The Balaban J connectivity index is 1.90. The quantitative estimate of drug-likeness (QED) is 0.778. The Kier molecular flexibility index (Phi) is 4.26.